The number of rotatable bonds is 4. The van der Waals surface area contributed by atoms with Gasteiger partial charge >= 0.3 is 6.09 Å². The Balaban J connectivity index is 1.50. The van der Waals surface area contributed by atoms with Crippen molar-refractivity contribution in [3.05, 3.63) is 59.9 Å². The van der Waals surface area contributed by atoms with Gasteiger partial charge in [0.1, 0.15) is 11.3 Å². The SMILES string of the molecule is Cn1c(C2CCN(Cc3ccccc3)CC2)nc2c(OC(N)=O)cccc21. The van der Waals surface area contributed by atoms with Gasteiger partial charge in [0, 0.05) is 19.5 Å². The number of hydrogen-bond acceptors (Lipinski definition) is 4. The van der Waals surface area contributed by atoms with E-state index in [9.17, 15) is 4.79 Å². The fourth-order valence-corrected chi connectivity index (χ4v) is 3.95. The average Bonchev–Trinajstić information content (AvgIpc) is 3.01. The minimum atomic E-state index is -0.816. The van der Waals surface area contributed by atoms with Crippen molar-refractivity contribution in [1.29, 1.82) is 0 Å². The molecule has 1 saturated heterocycles. The minimum Gasteiger partial charge on any atom is -0.408 e. The van der Waals surface area contributed by atoms with Crippen LogP contribution in [0.2, 0.25) is 0 Å². The summed E-state index contributed by atoms with van der Waals surface area (Å²) in [5, 5.41) is 0. The molecule has 27 heavy (non-hydrogen) atoms. The second-order valence-corrected chi connectivity index (χ2v) is 7.11. The molecule has 2 aromatic carbocycles. The van der Waals surface area contributed by atoms with Gasteiger partial charge in [-0.3, -0.25) is 4.90 Å². The number of aryl methyl sites for hydroxylation is 1. The highest BCUT2D eigenvalue weighted by atomic mass is 16.5. The molecule has 1 aliphatic heterocycles. The first-order valence-electron chi connectivity index (χ1n) is 9.30. The highest BCUT2D eigenvalue weighted by Gasteiger charge is 2.25. The molecule has 6 nitrogen and oxygen atoms in total. The van der Waals surface area contributed by atoms with Gasteiger partial charge in [-0.05, 0) is 43.6 Å². The Morgan fingerprint density at radius 1 is 1.15 bits per heavy atom. The maximum absolute atomic E-state index is 11.2. The molecule has 0 bridgehead atoms. The van der Waals surface area contributed by atoms with E-state index in [2.05, 4.69) is 39.8 Å². The highest BCUT2D eigenvalue weighted by molar-refractivity contribution is 5.85. The number of hydrogen-bond donors (Lipinski definition) is 1. The van der Waals surface area contributed by atoms with E-state index in [1.807, 2.05) is 19.2 Å². The highest BCUT2D eigenvalue weighted by Crippen LogP contribution is 2.33. The number of piperidine rings is 1. The lowest BCUT2D eigenvalue weighted by atomic mass is 9.95. The predicted octanol–water partition coefficient (Wildman–Crippen LogP) is 3.41. The molecular formula is C21H24N4O2. The van der Waals surface area contributed by atoms with Gasteiger partial charge in [-0.1, -0.05) is 36.4 Å². The van der Waals surface area contributed by atoms with Gasteiger partial charge in [0.2, 0.25) is 0 Å². The van der Waals surface area contributed by atoms with Crippen LogP contribution in [0.1, 0.15) is 30.1 Å². The molecule has 4 rings (SSSR count). The first-order valence-corrected chi connectivity index (χ1v) is 9.30. The van der Waals surface area contributed by atoms with E-state index >= 15 is 0 Å². The predicted molar refractivity (Wildman–Crippen MR) is 105 cm³/mol. The summed E-state index contributed by atoms with van der Waals surface area (Å²) in [5.74, 6) is 1.86. The van der Waals surface area contributed by atoms with Crippen molar-refractivity contribution in [2.24, 2.45) is 12.8 Å². The van der Waals surface area contributed by atoms with E-state index in [-0.39, 0.29) is 0 Å². The van der Waals surface area contributed by atoms with Gasteiger partial charge in [0.25, 0.3) is 0 Å². The summed E-state index contributed by atoms with van der Waals surface area (Å²) >= 11 is 0. The number of ether oxygens (including phenoxy) is 1. The summed E-state index contributed by atoms with van der Waals surface area (Å²) in [6.07, 6.45) is 1.32. The lowest BCUT2D eigenvalue weighted by molar-refractivity contribution is 0.201. The van der Waals surface area contributed by atoms with E-state index in [1.54, 1.807) is 6.07 Å². The lowest BCUT2D eigenvalue weighted by Gasteiger charge is -2.31. The number of amides is 1. The standard InChI is InChI=1S/C21H24N4O2/c1-24-17-8-5-9-18(27-21(22)26)19(17)23-20(24)16-10-12-25(13-11-16)14-15-6-3-2-4-7-15/h2-9,16H,10-14H2,1H3,(H2,22,26). The molecule has 0 spiro atoms. The Bertz CT molecular complexity index is 943. The van der Waals surface area contributed by atoms with Crippen LogP contribution in [0.5, 0.6) is 5.75 Å². The third kappa shape index (κ3) is 3.66. The Hall–Kier alpha value is -2.86. The lowest BCUT2D eigenvalue weighted by Crippen LogP contribution is -2.33. The summed E-state index contributed by atoms with van der Waals surface area (Å²) in [4.78, 5) is 18.5. The van der Waals surface area contributed by atoms with Gasteiger partial charge in [-0.15, -0.1) is 0 Å². The second-order valence-electron chi connectivity index (χ2n) is 7.11. The van der Waals surface area contributed by atoms with E-state index in [0.717, 1.165) is 43.8 Å². The molecule has 140 valence electrons. The Kier molecular flexibility index (Phi) is 4.81. The number of carbonyl (C=O) groups excluding carboxylic acids is 1. The topological polar surface area (TPSA) is 73.4 Å². The number of benzene rings is 2. The molecule has 2 heterocycles. The van der Waals surface area contributed by atoms with Crippen LogP contribution >= 0.6 is 0 Å². The van der Waals surface area contributed by atoms with Crippen molar-refractivity contribution in [1.82, 2.24) is 14.5 Å². The zero-order valence-electron chi connectivity index (χ0n) is 15.5. The number of imidazole rings is 1. The maximum atomic E-state index is 11.2. The average molecular weight is 364 g/mol. The molecule has 1 fully saturated rings. The van der Waals surface area contributed by atoms with Gasteiger partial charge in [-0.2, -0.15) is 0 Å². The molecule has 0 unspecified atom stereocenters. The van der Waals surface area contributed by atoms with Crippen molar-refractivity contribution in [2.75, 3.05) is 13.1 Å². The van der Waals surface area contributed by atoms with Gasteiger partial charge in [0.15, 0.2) is 5.75 Å². The van der Waals surface area contributed by atoms with E-state index < -0.39 is 6.09 Å². The summed E-state index contributed by atoms with van der Waals surface area (Å²) in [6.45, 7) is 3.09. The largest absolute Gasteiger partial charge is 0.410 e. The third-order valence-corrected chi connectivity index (χ3v) is 5.32. The quantitative estimate of drug-likeness (QED) is 0.770. The van der Waals surface area contributed by atoms with Gasteiger partial charge in [-0.25, -0.2) is 9.78 Å². The van der Waals surface area contributed by atoms with Crippen LogP contribution in [0.25, 0.3) is 11.0 Å². The van der Waals surface area contributed by atoms with E-state index in [0.29, 0.717) is 17.2 Å². The number of likely N-dealkylation sites (tertiary alicyclic amines) is 1. The fourth-order valence-electron chi connectivity index (χ4n) is 3.95. The van der Waals surface area contributed by atoms with Gasteiger partial charge in [0.05, 0.1) is 5.52 Å². The van der Waals surface area contributed by atoms with Crippen LogP contribution in [-0.4, -0.2) is 33.6 Å². The smallest absolute Gasteiger partial charge is 0.408 e. The van der Waals surface area contributed by atoms with Crippen molar-refractivity contribution in [3.63, 3.8) is 0 Å². The number of nitrogens with zero attached hydrogens (tertiary/aromatic N) is 3. The summed E-state index contributed by atoms with van der Waals surface area (Å²) in [7, 11) is 2.02. The first kappa shape index (κ1) is 17.5. The molecular weight excluding hydrogens is 340 g/mol. The third-order valence-electron chi connectivity index (χ3n) is 5.32. The Morgan fingerprint density at radius 2 is 1.89 bits per heavy atom. The van der Waals surface area contributed by atoms with Crippen molar-refractivity contribution >= 4 is 17.1 Å². The van der Waals surface area contributed by atoms with Crippen LogP contribution in [0.3, 0.4) is 0 Å². The number of primary amides is 1. The maximum Gasteiger partial charge on any atom is 0.410 e. The molecule has 1 amide bonds. The van der Waals surface area contributed by atoms with Crippen molar-refractivity contribution in [2.45, 2.75) is 25.3 Å². The van der Waals surface area contributed by atoms with Crippen LogP contribution in [0.15, 0.2) is 48.5 Å². The monoisotopic (exact) mass is 364 g/mol. The summed E-state index contributed by atoms with van der Waals surface area (Å²) in [6, 6.07) is 16.2. The molecule has 0 atom stereocenters. The van der Waals surface area contributed by atoms with Crippen molar-refractivity contribution < 1.29 is 9.53 Å². The molecule has 1 aliphatic rings. The molecule has 0 aliphatic carbocycles. The van der Waals surface area contributed by atoms with E-state index in [4.69, 9.17) is 15.5 Å². The summed E-state index contributed by atoms with van der Waals surface area (Å²) in [5.41, 5.74) is 8.18. The Labute approximate surface area is 158 Å². The Morgan fingerprint density at radius 3 is 2.59 bits per heavy atom. The summed E-state index contributed by atoms with van der Waals surface area (Å²) < 4.78 is 7.23. The molecule has 0 saturated carbocycles. The van der Waals surface area contributed by atoms with Crippen LogP contribution in [0, 0.1) is 0 Å². The first-order chi connectivity index (χ1) is 13.1. The molecule has 6 heteroatoms. The number of fused-ring (bicyclic) bond motifs is 1. The minimum absolute atomic E-state index is 0.399. The van der Waals surface area contributed by atoms with Crippen LogP contribution in [0.4, 0.5) is 4.79 Å². The zero-order valence-corrected chi connectivity index (χ0v) is 15.5. The molecule has 0 radical (unpaired) electrons. The van der Waals surface area contributed by atoms with Crippen molar-refractivity contribution in [3.8, 4) is 5.75 Å². The molecule has 3 aromatic rings. The number of carbonyl (C=O) groups is 1. The van der Waals surface area contributed by atoms with Gasteiger partial charge < -0.3 is 15.0 Å². The fraction of sp³-hybridized carbons (Fsp3) is 0.333. The number of para-hydroxylation sites is 1. The zero-order chi connectivity index (χ0) is 18.8. The molecule has 2 N–H and O–H groups in total. The normalized spacial score (nSPS) is 15.9. The second kappa shape index (κ2) is 7.40. The van der Waals surface area contributed by atoms with E-state index in [1.165, 1.54) is 5.56 Å². The number of aromatic nitrogens is 2. The van der Waals surface area contributed by atoms with Crippen LogP contribution < -0.4 is 10.5 Å². The molecule has 1 aromatic heterocycles. The number of nitrogens with two attached hydrogens (primary N) is 1. The van der Waals surface area contributed by atoms with Crippen LogP contribution in [-0.2, 0) is 13.6 Å².